The van der Waals surface area contributed by atoms with E-state index in [9.17, 15) is 9.59 Å². The Morgan fingerprint density at radius 1 is 1.37 bits per heavy atom. The number of hydrogen-bond donors (Lipinski definition) is 2. The van der Waals surface area contributed by atoms with Gasteiger partial charge in [-0.15, -0.1) is 0 Å². The van der Waals surface area contributed by atoms with Crippen LogP contribution in [-0.2, 0) is 14.3 Å². The number of amides is 1. The third-order valence-electron chi connectivity index (χ3n) is 2.54. The first-order valence-electron chi connectivity index (χ1n) is 6.28. The molecule has 0 aromatic carbocycles. The molecule has 1 aliphatic heterocycles. The second-order valence-corrected chi connectivity index (χ2v) is 5.41. The molecular weight excluding hydrogens is 248 g/mol. The Kier molecular flexibility index (Phi) is 5.35. The van der Waals surface area contributed by atoms with Crippen molar-refractivity contribution in [3.63, 3.8) is 0 Å². The summed E-state index contributed by atoms with van der Waals surface area (Å²) in [4.78, 5) is 22.8. The number of nitrogens with one attached hydrogen (secondary N) is 2. The van der Waals surface area contributed by atoms with Crippen LogP contribution in [0.4, 0.5) is 4.79 Å². The molecule has 6 heteroatoms. The molecule has 0 radical (unpaired) electrons. The van der Waals surface area contributed by atoms with Crippen LogP contribution in [0.3, 0.4) is 0 Å². The Bertz CT molecular complexity index is 360. The van der Waals surface area contributed by atoms with Gasteiger partial charge >= 0.3 is 12.1 Å². The predicted molar refractivity (Wildman–Crippen MR) is 70.7 cm³/mol. The van der Waals surface area contributed by atoms with Crippen LogP contribution in [0.1, 0.15) is 20.8 Å². The normalized spacial score (nSPS) is 22.7. The Labute approximate surface area is 113 Å². The summed E-state index contributed by atoms with van der Waals surface area (Å²) in [5.41, 5.74) is -0.504. The molecule has 0 aromatic heterocycles. The zero-order valence-electron chi connectivity index (χ0n) is 11.9. The van der Waals surface area contributed by atoms with Gasteiger partial charge in [0, 0.05) is 19.1 Å². The lowest BCUT2D eigenvalue weighted by Gasteiger charge is -2.24. The van der Waals surface area contributed by atoms with E-state index in [4.69, 9.17) is 4.74 Å². The van der Waals surface area contributed by atoms with Crippen LogP contribution in [0.5, 0.6) is 0 Å². The van der Waals surface area contributed by atoms with E-state index in [1.165, 1.54) is 7.11 Å². The SMILES string of the molecule is COC(=O)[C@@H]1C=C[C@H](CNC(=O)OC(C)(C)C)NC1. The fraction of sp³-hybridized carbons (Fsp3) is 0.692. The molecule has 6 nitrogen and oxygen atoms in total. The summed E-state index contributed by atoms with van der Waals surface area (Å²) >= 11 is 0. The van der Waals surface area contributed by atoms with Crippen LogP contribution >= 0.6 is 0 Å². The van der Waals surface area contributed by atoms with E-state index < -0.39 is 11.7 Å². The van der Waals surface area contributed by atoms with Gasteiger partial charge in [0.2, 0.25) is 0 Å². The molecule has 1 heterocycles. The first kappa shape index (κ1) is 15.5. The summed E-state index contributed by atoms with van der Waals surface area (Å²) in [5.74, 6) is -0.523. The first-order chi connectivity index (χ1) is 8.81. The minimum atomic E-state index is -0.504. The zero-order chi connectivity index (χ0) is 14.5. The number of methoxy groups -OCH3 is 1. The fourth-order valence-corrected chi connectivity index (χ4v) is 1.64. The molecule has 2 N–H and O–H groups in total. The van der Waals surface area contributed by atoms with Crippen LogP contribution in [0, 0.1) is 5.92 Å². The molecule has 0 saturated carbocycles. The van der Waals surface area contributed by atoms with E-state index in [1.54, 1.807) is 6.08 Å². The third-order valence-corrected chi connectivity index (χ3v) is 2.54. The van der Waals surface area contributed by atoms with Crippen molar-refractivity contribution in [1.29, 1.82) is 0 Å². The highest BCUT2D eigenvalue weighted by atomic mass is 16.6. The van der Waals surface area contributed by atoms with Crippen molar-refractivity contribution in [3.05, 3.63) is 12.2 Å². The molecule has 1 amide bonds. The van der Waals surface area contributed by atoms with Gasteiger partial charge in [-0.25, -0.2) is 4.79 Å². The van der Waals surface area contributed by atoms with Crippen LogP contribution in [-0.4, -0.2) is 43.9 Å². The van der Waals surface area contributed by atoms with Gasteiger partial charge < -0.3 is 20.1 Å². The lowest BCUT2D eigenvalue weighted by molar-refractivity contribution is -0.143. The van der Waals surface area contributed by atoms with Gasteiger partial charge in [-0.1, -0.05) is 12.2 Å². The lowest BCUT2D eigenvalue weighted by Crippen LogP contribution is -2.46. The fourth-order valence-electron chi connectivity index (χ4n) is 1.64. The third kappa shape index (κ3) is 5.74. The molecule has 0 bridgehead atoms. The largest absolute Gasteiger partial charge is 0.469 e. The lowest BCUT2D eigenvalue weighted by atomic mass is 10.0. The number of rotatable bonds is 3. The van der Waals surface area contributed by atoms with Crippen molar-refractivity contribution in [2.45, 2.75) is 32.4 Å². The second kappa shape index (κ2) is 6.56. The maximum atomic E-state index is 11.5. The monoisotopic (exact) mass is 270 g/mol. The Hall–Kier alpha value is -1.56. The summed E-state index contributed by atoms with van der Waals surface area (Å²) in [6.45, 7) is 6.36. The number of carbonyl (C=O) groups is 2. The molecule has 1 aliphatic rings. The van der Waals surface area contributed by atoms with Crippen LogP contribution in [0.15, 0.2) is 12.2 Å². The van der Waals surface area contributed by atoms with E-state index in [0.29, 0.717) is 13.1 Å². The molecule has 2 atom stereocenters. The summed E-state index contributed by atoms with van der Waals surface area (Å²) in [6, 6.07) is -0.00609. The van der Waals surface area contributed by atoms with Crippen LogP contribution in [0.25, 0.3) is 0 Å². The molecular formula is C13H22N2O4. The molecule has 0 aliphatic carbocycles. The average Bonchev–Trinajstić information content (AvgIpc) is 2.34. The molecule has 108 valence electrons. The second-order valence-electron chi connectivity index (χ2n) is 5.41. The van der Waals surface area contributed by atoms with Crippen molar-refractivity contribution in [2.75, 3.05) is 20.2 Å². The molecule has 0 aromatic rings. The zero-order valence-corrected chi connectivity index (χ0v) is 11.9. The topological polar surface area (TPSA) is 76.7 Å². The Morgan fingerprint density at radius 3 is 2.53 bits per heavy atom. The highest BCUT2D eigenvalue weighted by molar-refractivity contribution is 5.74. The number of alkyl carbamates (subject to hydrolysis) is 1. The molecule has 0 saturated heterocycles. The van der Waals surface area contributed by atoms with Gasteiger partial charge in [-0.3, -0.25) is 4.79 Å². The van der Waals surface area contributed by atoms with Gasteiger partial charge in [0.05, 0.1) is 13.0 Å². The summed E-state index contributed by atoms with van der Waals surface area (Å²) < 4.78 is 9.79. The molecule has 0 spiro atoms. The van der Waals surface area contributed by atoms with E-state index >= 15 is 0 Å². The van der Waals surface area contributed by atoms with Crippen molar-refractivity contribution in [1.82, 2.24) is 10.6 Å². The summed E-state index contributed by atoms with van der Waals surface area (Å²) in [5, 5.41) is 5.82. The summed E-state index contributed by atoms with van der Waals surface area (Å²) in [7, 11) is 1.37. The van der Waals surface area contributed by atoms with Crippen molar-refractivity contribution in [2.24, 2.45) is 5.92 Å². The van der Waals surface area contributed by atoms with Gasteiger partial charge in [0.15, 0.2) is 0 Å². The van der Waals surface area contributed by atoms with Gasteiger partial charge in [0.25, 0.3) is 0 Å². The molecule has 0 unspecified atom stereocenters. The number of esters is 1. The van der Waals surface area contributed by atoms with E-state index in [0.717, 1.165) is 0 Å². The van der Waals surface area contributed by atoms with E-state index in [1.807, 2.05) is 26.8 Å². The van der Waals surface area contributed by atoms with E-state index in [2.05, 4.69) is 15.4 Å². The van der Waals surface area contributed by atoms with Crippen molar-refractivity contribution in [3.8, 4) is 0 Å². The Morgan fingerprint density at radius 2 is 2.05 bits per heavy atom. The average molecular weight is 270 g/mol. The van der Waals surface area contributed by atoms with Crippen molar-refractivity contribution < 1.29 is 19.1 Å². The van der Waals surface area contributed by atoms with Gasteiger partial charge in [0.1, 0.15) is 5.60 Å². The maximum Gasteiger partial charge on any atom is 0.407 e. The van der Waals surface area contributed by atoms with Crippen LogP contribution in [0.2, 0.25) is 0 Å². The Balaban J connectivity index is 2.33. The highest BCUT2D eigenvalue weighted by Gasteiger charge is 2.22. The van der Waals surface area contributed by atoms with Crippen LogP contribution < -0.4 is 10.6 Å². The smallest absolute Gasteiger partial charge is 0.407 e. The minimum absolute atomic E-state index is 0.00609. The highest BCUT2D eigenvalue weighted by Crippen LogP contribution is 2.08. The van der Waals surface area contributed by atoms with Gasteiger partial charge in [-0.05, 0) is 20.8 Å². The first-order valence-corrected chi connectivity index (χ1v) is 6.28. The summed E-state index contributed by atoms with van der Waals surface area (Å²) in [6.07, 6.45) is 3.20. The quantitative estimate of drug-likeness (QED) is 0.587. The van der Waals surface area contributed by atoms with E-state index in [-0.39, 0.29) is 17.9 Å². The number of carbonyl (C=O) groups excluding carboxylic acids is 2. The molecule has 19 heavy (non-hydrogen) atoms. The predicted octanol–water partition coefficient (Wildman–Crippen LogP) is 0.828. The van der Waals surface area contributed by atoms with Gasteiger partial charge in [-0.2, -0.15) is 0 Å². The molecule has 0 fully saturated rings. The minimum Gasteiger partial charge on any atom is -0.469 e. The maximum absolute atomic E-state index is 11.5. The molecule has 1 rings (SSSR count). The van der Waals surface area contributed by atoms with Crippen molar-refractivity contribution >= 4 is 12.1 Å². The standard InChI is InChI=1S/C13H22N2O4/c1-13(2,3)19-12(17)15-8-10-6-5-9(7-14-10)11(16)18-4/h5-6,9-10,14H,7-8H2,1-4H3,(H,15,17)/t9-,10-/m1/s1. The number of hydrogen-bond acceptors (Lipinski definition) is 5. The number of ether oxygens (including phenoxy) is 2.